The predicted molar refractivity (Wildman–Crippen MR) is 85.5 cm³/mol. The van der Waals surface area contributed by atoms with Gasteiger partial charge in [-0.1, -0.05) is 55.0 Å². The molecule has 1 atom stereocenters. The van der Waals surface area contributed by atoms with Gasteiger partial charge in [-0.15, -0.1) is 0 Å². The molecule has 108 valence electrons. The lowest BCUT2D eigenvalue weighted by molar-refractivity contribution is 0.220. The van der Waals surface area contributed by atoms with E-state index in [-0.39, 0.29) is 0 Å². The summed E-state index contributed by atoms with van der Waals surface area (Å²) in [7, 11) is 0. The Morgan fingerprint density at radius 1 is 0.762 bits per heavy atom. The fourth-order valence-electron chi connectivity index (χ4n) is 3.28. The molecule has 4 rings (SSSR count). The van der Waals surface area contributed by atoms with Crippen molar-refractivity contribution in [2.75, 3.05) is 0 Å². The highest BCUT2D eigenvalue weighted by Gasteiger charge is 2.24. The van der Waals surface area contributed by atoms with Crippen LogP contribution in [0.15, 0.2) is 48.5 Å². The van der Waals surface area contributed by atoms with Crippen LogP contribution in [0.5, 0.6) is 0 Å². The molecule has 0 saturated heterocycles. The minimum absolute atomic E-state index is 0.501. The summed E-state index contributed by atoms with van der Waals surface area (Å²) in [5.41, 5.74) is 4.85. The lowest BCUT2D eigenvalue weighted by atomic mass is 9.80. The number of hydrogen-bond donors (Lipinski definition) is 1. The van der Waals surface area contributed by atoms with Crippen LogP contribution in [0.1, 0.15) is 72.3 Å². The van der Waals surface area contributed by atoms with Crippen LogP contribution in [0.4, 0.5) is 0 Å². The third-order valence-electron chi connectivity index (χ3n) is 5.10. The van der Waals surface area contributed by atoms with E-state index in [4.69, 9.17) is 0 Å². The van der Waals surface area contributed by atoms with Crippen molar-refractivity contribution in [2.45, 2.75) is 50.0 Å². The zero-order valence-corrected chi connectivity index (χ0v) is 12.3. The maximum Gasteiger partial charge on any atom is 0.104 e. The second-order valence-corrected chi connectivity index (χ2v) is 6.64. The van der Waals surface area contributed by atoms with Crippen LogP contribution in [0.25, 0.3) is 0 Å². The molecule has 0 heterocycles. The molecule has 0 aliphatic heterocycles. The van der Waals surface area contributed by atoms with Crippen molar-refractivity contribution in [3.8, 4) is 0 Å². The SMILES string of the molecule is OC(c1ccc(C2CCC2)cc1)c1cccc(C2CC2)c1. The van der Waals surface area contributed by atoms with E-state index in [2.05, 4.69) is 42.5 Å². The largest absolute Gasteiger partial charge is 0.384 e. The molecule has 0 bridgehead atoms. The molecular formula is C20H22O. The molecule has 1 nitrogen and oxygen atoms in total. The van der Waals surface area contributed by atoms with Crippen molar-refractivity contribution >= 4 is 0 Å². The van der Waals surface area contributed by atoms with Gasteiger partial charge in [0.25, 0.3) is 0 Å². The van der Waals surface area contributed by atoms with Gasteiger partial charge in [0.05, 0.1) is 0 Å². The molecule has 2 aliphatic carbocycles. The van der Waals surface area contributed by atoms with Gasteiger partial charge in [-0.05, 0) is 59.8 Å². The van der Waals surface area contributed by atoms with Crippen LogP contribution < -0.4 is 0 Å². The molecule has 2 aliphatic rings. The van der Waals surface area contributed by atoms with Crippen LogP contribution in [0.3, 0.4) is 0 Å². The quantitative estimate of drug-likeness (QED) is 0.842. The maximum atomic E-state index is 10.6. The lowest BCUT2D eigenvalue weighted by Gasteiger charge is -2.26. The molecule has 2 saturated carbocycles. The molecular weight excluding hydrogens is 256 g/mol. The van der Waals surface area contributed by atoms with Crippen LogP contribution in [0.2, 0.25) is 0 Å². The Hall–Kier alpha value is -1.60. The summed E-state index contributed by atoms with van der Waals surface area (Å²) in [6.45, 7) is 0. The monoisotopic (exact) mass is 278 g/mol. The van der Waals surface area contributed by atoms with E-state index in [0.29, 0.717) is 0 Å². The highest BCUT2D eigenvalue weighted by Crippen LogP contribution is 2.41. The number of hydrogen-bond acceptors (Lipinski definition) is 1. The Bertz CT molecular complexity index is 621. The molecule has 2 aromatic rings. The minimum atomic E-state index is -0.501. The van der Waals surface area contributed by atoms with E-state index in [9.17, 15) is 5.11 Å². The summed E-state index contributed by atoms with van der Waals surface area (Å²) < 4.78 is 0. The van der Waals surface area contributed by atoms with Crippen LogP contribution in [0, 0.1) is 0 Å². The van der Waals surface area contributed by atoms with E-state index in [1.165, 1.54) is 43.2 Å². The molecule has 2 fully saturated rings. The molecule has 21 heavy (non-hydrogen) atoms. The van der Waals surface area contributed by atoms with Crippen LogP contribution in [-0.4, -0.2) is 5.11 Å². The first kappa shape index (κ1) is 13.1. The van der Waals surface area contributed by atoms with Crippen molar-refractivity contribution < 1.29 is 5.11 Å². The van der Waals surface area contributed by atoms with E-state index in [0.717, 1.165) is 23.0 Å². The zero-order valence-electron chi connectivity index (χ0n) is 12.3. The summed E-state index contributed by atoms with van der Waals surface area (Å²) in [5, 5.41) is 10.6. The molecule has 0 spiro atoms. The fraction of sp³-hybridized carbons (Fsp3) is 0.400. The van der Waals surface area contributed by atoms with Crippen LogP contribution in [-0.2, 0) is 0 Å². The second-order valence-electron chi connectivity index (χ2n) is 6.64. The summed E-state index contributed by atoms with van der Waals surface area (Å²) in [6, 6.07) is 17.1. The van der Waals surface area contributed by atoms with Gasteiger partial charge in [-0.3, -0.25) is 0 Å². The minimum Gasteiger partial charge on any atom is -0.384 e. The molecule has 0 aromatic heterocycles. The summed E-state index contributed by atoms with van der Waals surface area (Å²) in [5.74, 6) is 1.49. The third kappa shape index (κ3) is 2.63. The number of aliphatic hydroxyl groups is 1. The van der Waals surface area contributed by atoms with E-state index in [1.54, 1.807) is 0 Å². The molecule has 1 heteroatoms. The van der Waals surface area contributed by atoms with Crippen molar-refractivity contribution in [1.82, 2.24) is 0 Å². The Kier molecular flexibility index (Phi) is 3.31. The van der Waals surface area contributed by atoms with Gasteiger partial charge in [-0.2, -0.15) is 0 Å². The van der Waals surface area contributed by atoms with Gasteiger partial charge in [0.15, 0.2) is 0 Å². The summed E-state index contributed by atoms with van der Waals surface area (Å²) >= 11 is 0. The van der Waals surface area contributed by atoms with Crippen molar-refractivity contribution in [2.24, 2.45) is 0 Å². The molecule has 0 amide bonds. The van der Waals surface area contributed by atoms with Gasteiger partial charge in [0.2, 0.25) is 0 Å². The number of aliphatic hydroxyl groups excluding tert-OH is 1. The Morgan fingerprint density at radius 2 is 1.48 bits per heavy atom. The first-order valence-electron chi connectivity index (χ1n) is 8.19. The van der Waals surface area contributed by atoms with E-state index in [1.807, 2.05) is 6.07 Å². The average Bonchev–Trinajstić information content (AvgIpc) is 3.30. The Morgan fingerprint density at radius 3 is 2.10 bits per heavy atom. The Balaban J connectivity index is 1.55. The zero-order chi connectivity index (χ0) is 14.2. The van der Waals surface area contributed by atoms with Gasteiger partial charge in [0, 0.05) is 0 Å². The van der Waals surface area contributed by atoms with Gasteiger partial charge in [-0.25, -0.2) is 0 Å². The van der Waals surface area contributed by atoms with Crippen molar-refractivity contribution in [3.63, 3.8) is 0 Å². The fourth-order valence-corrected chi connectivity index (χ4v) is 3.28. The highest BCUT2D eigenvalue weighted by molar-refractivity contribution is 5.36. The Labute approximate surface area is 126 Å². The second kappa shape index (κ2) is 5.31. The average molecular weight is 278 g/mol. The normalized spacial score (nSPS) is 20.0. The third-order valence-corrected chi connectivity index (χ3v) is 5.10. The predicted octanol–water partition coefficient (Wildman–Crippen LogP) is 4.91. The van der Waals surface area contributed by atoms with E-state index < -0.39 is 6.10 Å². The summed E-state index contributed by atoms with van der Waals surface area (Å²) in [6.07, 6.45) is 6.12. The summed E-state index contributed by atoms with van der Waals surface area (Å²) in [4.78, 5) is 0. The first-order valence-corrected chi connectivity index (χ1v) is 8.19. The highest BCUT2D eigenvalue weighted by atomic mass is 16.3. The van der Waals surface area contributed by atoms with Gasteiger partial charge in [0.1, 0.15) is 6.10 Å². The standard InChI is InChI=1S/C20H22O/c21-20(19-6-2-5-18(13-19)16-7-8-16)17-11-9-15(10-12-17)14-3-1-4-14/h2,5-6,9-14,16,20-21H,1,3-4,7-8H2. The lowest BCUT2D eigenvalue weighted by Crippen LogP contribution is -2.09. The molecule has 1 N–H and O–H groups in total. The molecule has 2 aromatic carbocycles. The maximum absolute atomic E-state index is 10.6. The van der Waals surface area contributed by atoms with Crippen LogP contribution >= 0.6 is 0 Å². The number of rotatable bonds is 4. The van der Waals surface area contributed by atoms with Gasteiger partial charge < -0.3 is 5.11 Å². The smallest absolute Gasteiger partial charge is 0.104 e. The topological polar surface area (TPSA) is 20.2 Å². The first-order chi connectivity index (χ1) is 10.3. The van der Waals surface area contributed by atoms with Gasteiger partial charge >= 0.3 is 0 Å². The van der Waals surface area contributed by atoms with E-state index >= 15 is 0 Å². The molecule has 1 unspecified atom stereocenters. The molecule has 0 radical (unpaired) electrons. The van der Waals surface area contributed by atoms with Crippen molar-refractivity contribution in [1.29, 1.82) is 0 Å². The van der Waals surface area contributed by atoms with Crippen molar-refractivity contribution in [3.05, 3.63) is 70.8 Å². The number of benzene rings is 2.